The highest BCUT2D eigenvalue weighted by molar-refractivity contribution is 6.25. The van der Waals surface area contributed by atoms with Crippen molar-refractivity contribution in [2.24, 2.45) is 0 Å². The third-order valence-corrected chi connectivity index (χ3v) is 16.6. The Hall–Kier alpha value is -11.2. The van der Waals surface area contributed by atoms with E-state index in [4.69, 9.17) is 15.0 Å². The molecule has 0 N–H and O–H groups in total. The summed E-state index contributed by atoms with van der Waals surface area (Å²) >= 11 is 0. The van der Waals surface area contributed by atoms with Crippen LogP contribution in [0.4, 0.5) is 0 Å². The van der Waals surface area contributed by atoms with Crippen molar-refractivity contribution in [3.05, 3.63) is 285 Å². The van der Waals surface area contributed by atoms with E-state index in [1.165, 1.54) is 32.3 Å². The Balaban J connectivity index is 1.15. The number of para-hydroxylation sites is 8. The van der Waals surface area contributed by atoms with E-state index in [9.17, 15) is 0 Å². The van der Waals surface area contributed by atoms with Crippen LogP contribution in [0, 0.1) is 0 Å². The van der Waals surface area contributed by atoms with E-state index in [-0.39, 0.29) is 0 Å². The van der Waals surface area contributed by atoms with Crippen LogP contribution in [-0.4, -0.2) is 33.2 Å². The summed E-state index contributed by atoms with van der Waals surface area (Å²) in [5, 5.41) is 9.29. The Bertz CT molecular complexity index is 5180. The molecule has 0 aliphatic rings. The predicted octanol–water partition coefficient (Wildman–Crippen LogP) is 18.9. The maximum atomic E-state index is 5.34. The van der Waals surface area contributed by atoms with Gasteiger partial charge in [-0.15, -0.1) is 0 Å². The number of benzene rings is 12. The number of hydrogen-bond acceptors (Lipinski definition) is 3. The zero-order chi connectivity index (χ0) is 53.8. The van der Waals surface area contributed by atoms with E-state index >= 15 is 0 Å². The summed E-state index contributed by atoms with van der Waals surface area (Å²) in [6.07, 6.45) is 0. The second-order valence-corrected chi connectivity index (χ2v) is 21.1. The summed E-state index contributed by atoms with van der Waals surface area (Å²) in [6, 6.07) is 103. The highest BCUT2D eigenvalue weighted by atomic mass is 15.1. The van der Waals surface area contributed by atoms with Gasteiger partial charge in [0.1, 0.15) is 0 Å². The van der Waals surface area contributed by atoms with E-state index in [0.717, 1.165) is 105 Å². The van der Waals surface area contributed by atoms with Crippen molar-refractivity contribution in [2.75, 3.05) is 0 Å². The quantitative estimate of drug-likeness (QED) is 0.152. The fourth-order valence-corrected chi connectivity index (χ4v) is 13.2. The molecule has 17 rings (SSSR count). The van der Waals surface area contributed by atoms with E-state index in [2.05, 4.69) is 267 Å². The van der Waals surface area contributed by atoms with E-state index in [1.807, 2.05) is 36.4 Å². The average molecular weight is 1050 g/mol. The van der Waals surface area contributed by atoms with E-state index in [1.54, 1.807) is 0 Å². The molecule has 0 saturated heterocycles. The number of nitrogens with zero attached hydrogens (tertiary/aromatic N) is 7. The number of hydrogen-bond donors (Lipinski definition) is 0. The average Bonchev–Trinajstić information content (AvgIpc) is 3.13. The Morgan fingerprint density at radius 3 is 0.951 bits per heavy atom. The molecule has 0 bridgehead atoms. The van der Waals surface area contributed by atoms with Crippen molar-refractivity contribution in [3.63, 3.8) is 0 Å². The molecule has 382 valence electrons. The Labute approximate surface area is 471 Å². The van der Waals surface area contributed by atoms with Gasteiger partial charge in [0, 0.05) is 71.0 Å². The van der Waals surface area contributed by atoms with Crippen molar-refractivity contribution < 1.29 is 0 Å². The topological polar surface area (TPSA) is 58.4 Å². The van der Waals surface area contributed by atoms with Gasteiger partial charge in [0.25, 0.3) is 0 Å². The molecule has 82 heavy (non-hydrogen) atoms. The number of aromatic nitrogens is 7. The van der Waals surface area contributed by atoms with Crippen LogP contribution in [0.3, 0.4) is 0 Å². The van der Waals surface area contributed by atoms with Gasteiger partial charge in [-0.25, -0.2) is 15.0 Å². The first-order valence-corrected chi connectivity index (χ1v) is 27.9. The summed E-state index contributed by atoms with van der Waals surface area (Å²) in [7, 11) is 0. The molecule has 7 nitrogen and oxygen atoms in total. The van der Waals surface area contributed by atoms with Crippen LogP contribution < -0.4 is 0 Å². The molecule has 7 heteroatoms. The number of rotatable bonds is 8. The summed E-state index contributed by atoms with van der Waals surface area (Å²) in [4.78, 5) is 15.8. The smallest absolute Gasteiger partial charge is 0.164 e. The molecule has 17 aromatic rings. The lowest BCUT2D eigenvalue weighted by Crippen LogP contribution is -2.12. The largest absolute Gasteiger partial charge is 0.308 e. The van der Waals surface area contributed by atoms with E-state index < -0.39 is 0 Å². The Kier molecular flexibility index (Phi) is 10.2. The molecule has 12 aromatic carbocycles. The van der Waals surface area contributed by atoms with Gasteiger partial charge in [0.05, 0.1) is 61.2 Å². The van der Waals surface area contributed by atoms with Gasteiger partial charge in [-0.3, -0.25) is 0 Å². The number of fused-ring (bicyclic) bond motifs is 12. The van der Waals surface area contributed by atoms with Crippen molar-refractivity contribution in [1.29, 1.82) is 0 Å². The van der Waals surface area contributed by atoms with Gasteiger partial charge in [0.2, 0.25) is 0 Å². The molecule has 0 aliphatic heterocycles. The van der Waals surface area contributed by atoms with Gasteiger partial charge in [-0.1, -0.05) is 224 Å². The van der Waals surface area contributed by atoms with Gasteiger partial charge in [0.15, 0.2) is 17.5 Å². The monoisotopic (exact) mass is 1050 g/mol. The van der Waals surface area contributed by atoms with Gasteiger partial charge >= 0.3 is 0 Å². The minimum Gasteiger partial charge on any atom is -0.308 e. The first-order chi connectivity index (χ1) is 40.7. The lowest BCUT2D eigenvalue weighted by molar-refractivity contribution is 1.06. The molecular formula is C75H47N7. The van der Waals surface area contributed by atoms with Crippen LogP contribution in [0.2, 0.25) is 0 Å². The van der Waals surface area contributed by atoms with Crippen molar-refractivity contribution in [2.45, 2.75) is 0 Å². The zero-order valence-electron chi connectivity index (χ0n) is 44.3. The van der Waals surface area contributed by atoms with Crippen LogP contribution in [0.15, 0.2) is 285 Å². The molecule has 0 amide bonds. The first kappa shape index (κ1) is 45.8. The highest BCUT2D eigenvalue weighted by Gasteiger charge is 2.34. The molecule has 5 aromatic heterocycles. The van der Waals surface area contributed by atoms with Crippen LogP contribution in [0.5, 0.6) is 0 Å². The Morgan fingerprint density at radius 2 is 0.524 bits per heavy atom. The minimum atomic E-state index is 0.581. The molecular weight excluding hydrogens is 999 g/mol. The summed E-state index contributed by atoms with van der Waals surface area (Å²) in [5.74, 6) is 1.80. The standard InChI is InChI=1S/C75H47N7/c1-4-25-48(26-5-1)73-76-74(49-27-6-2-7-28-49)78-75(77-73)51-30-24-29-50(47-51)67-69-68(59-39-16-23-46-66(59)79(69)52-31-8-3-9-32-52)71(81-62-42-19-12-35-55(62)56-36-13-20-43-63(56)81)72(82-64-44-21-14-37-57(64)58-38-15-22-45-65(58)82)70(67)80-60-40-17-10-33-53(60)54-34-11-18-41-61(54)80/h1-47H. The molecule has 0 atom stereocenters. The molecule has 0 spiro atoms. The third-order valence-electron chi connectivity index (χ3n) is 16.6. The fourth-order valence-electron chi connectivity index (χ4n) is 13.2. The van der Waals surface area contributed by atoms with Gasteiger partial charge in [-0.05, 0) is 66.2 Å². The van der Waals surface area contributed by atoms with Crippen molar-refractivity contribution >= 4 is 87.2 Å². The summed E-state index contributed by atoms with van der Waals surface area (Å²) < 4.78 is 10.2. The maximum Gasteiger partial charge on any atom is 0.164 e. The van der Waals surface area contributed by atoms with Gasteiger partial charge < -0.3 is 18.3 Å². The summed E-state index contributed by atoms with van der Waals surface area (Å²) in [5.41, 5.74) is 17.7. The van der Waals surface area contributed by atoms with Crippen LogP contribution in [0.25, 0.3) is 155 Å². The zero-order valence-corrected chi connectivity index (χ0v) is 44.3. The molecule has 5 heterocycles. The highest BCUT2D eigenvalue weighted by Crippen LogP contribution is 2.53. The SMILES string of the molecule is c1ccc(-c2nc(-c3ccccc3)nc(-c3cccc(-c4c(-n5c6ccccc6c6ccccc65)c(-n5c6ccccc6c6ccccc65)c(-n5c6ccccc6c6ccccc65)c5c6ccccc6n(-c6ccccc6)c45)c3)n2)cc1. The Morgan fingerprint density at radius 1 is 0.220 bits per heavy atom. The van der Waals surface area contributed by atoms with Gasteiger partial charge in [-0.2, -0.15) is 0 Å². The minimum absolute atomic E-state index is 0.581. The lowest BCUT2D eigenvalue weighted by Gasteiger charge is -2.27. The first-order valence-electron chi connectivity index (χ1n) is 27.9. The second kappa shape index (κ2) is 18.2. The predicted molar refractivity (Wildman–Crippen MR) is 339 cm³/mol. The molecule has 0 radical (unpaired) electrons. The molecule has 0 saturated carbocycles. The normalized spacial score (nSPS) is 11.9. The maximum absolute atomic E-state index is 5.34. The van der Waals surface area contributed by atoms with Crippen molar-refractivity contribution in [1.82, 2.24) is 33.2 Å². The van der Waals surface area contributed by atoms with Crippen LogP contribution >= 0.6 is 0 Å². The van der Waals surface area contributed by atoms with E-state index in [0.29, 0.717) is 17.5 Å². The molecule has 0 fully saturated rings. The summed E-state index contributed by atoms with van der Waals surface area (Å²) in [6.45, 7) is 0. The second-order valence-electron chi connectivity index (χ2n) is 21.1. The molecule has 0 aliphatic carbocycles. The van der Waals surface area contributed by atoms with Crippen LogP contribution in [-0.2, 0) is 0 Å². The lowest BCUT2D eigenvalue weighted by atomic mass is 9.94. The fraction of sp³-hybridized carbons (Fsp3) is 0. The molecule has 0 unspecified atom stereocenters. The van der Waals surface area contributed by atoms with Crippen LogP contribution in [0.1, 0.15) is 0 Å². The van der Waals surface area contributed by atoms with Crippen molar-refractivity contribution in [3.8, 4) is 68.0 Å². The third kappa shape index (κ3) is 6.80.